The van der Waals surface area contributed by atoms with Crippen LogP contribution in [0.1, 0.15) is 52.4 Å². The first-order valence-corrected chi connectivity index (χ1v) is 5.53. The third kappa shape index (κ3) is 2.31. The van der Waals surface area contributed by atoms with Gasteiger partial charge in [0, 0.05) is 6.42 Å². The van der Waals surface area contributed by atoms with Crippen molar-refractivity contribution in [1.29, 1.82) is 0 Å². The van der Waals surface area contributed by atoms with E-state index in [1.165, 1.54) is 0 Å². The fourth-order valence-electron chi connectivity index (χ4n) is 2.29. The van der Waals surface area contributed by atoms with Gasteiger partial charge in [-0.25, -0.2) is 0 Å². The Morgan fingerprint density at radius 2 is 2.15 bits per heavy atom. The van der Waals surface area contributed by atoms with E-state index in [1.807, 2.05) is 0 Å². The molecule has 0 aromatic heterocycles. The summed E-state index contributed by atoms with van der Waals surface area (Å²) in [5, 5.41) is 3.41. The Balaban J connectivity index is 2.60. The summed E-state index contributed by atoms with van der Waals surface area (Å²) in [5.41, 5.74) is -0.134. The van der Waals surface area contributed by atoms with E-state index in [2.05, 4.69) is 19.2 Å². The van der Waals surface area contributed by atoms with Gasteiger partial charge in [0.2, 0.25) is 0 Å². The summed E-state index contributed by atoms with van der Waals surface area (Å²) >= 11 is 0. The zero-order valence-electron chi connectivity index (χ0n) is 8.86. The van der Waals surface area contributed by atoms with Gasteiger partial charge >= 0.3 is 0 Å². The lowest BCUT2D eigenvalue weighted by molar-refractivity contribution is -0.125. The van der Waals surface area contributed by atoms with Crippen LogP contribution in [0.4, 0.5) is 0 Å². The first-order chi connectivity index (χ1) is 6.25. The van der Waals surface area contributed by atoms with Crippen LogP contribution in [0.25, 0.3) is 0 Å². The maximum absolute atomic E-state index is 11.9. The highest BCUT2D eigenvalue weighted by Crippen LogP contribution is 2.27. The Hall–Kier alpha value is -0.370. The molecule has 1 N–H and O–H groups in total. The predicted octanol–water partition coefficient (Wildman–Crippen LogP) is 2.28. The zero-order valence-corrected chi connectivity index (χ0v) is 8.86. The first-order valence-electron chi connectivity index (χ1n) is 5.53. The van der Waals surface area contributed by atoms with E-state index in [0.29, 0.717) is 5.78 Å². The van der Waals surface area contributed by atoms with E-state index < -0.39 is 0 Å². The topological polar surface area (TPSA) is 29.1 Å². The minimum absolute atomic E-state index is 0.134. The average molecular weight is 183 g/mol. The Morgan fingerprint density at radius 3 is 2.62 bits per heavy atom. The van der Waals surface area contributed by atoms with Gasteiger partial charge in [-0.2, -0.15) is 0 Å². The number of carbonyl (C=O) groups excluding carboxylic acids is 1. The predicted molar refractivity (Wildman–Crippen MR) is 54.8 cm³/mol. The molecule has 2 nitrogen and oxygen atoms in total. The molecule has 0 aliphatic carbocycles. The number of ketones is 1. The quantitative estimate of drug-likeness (QED) is 0.708. The van der Waals surface area contributed by atoms with Crippen molar-refractivity contribution < 1.29 is 4.79 Å². The van der Waals surface area contributed by atoms with Crippen LogP contribution in [0.15, 0.2) is 0 Å². The number of hydrogen-bond donors (Lipinski definition) is 1. The number of nitrogens with one attached hydrogen (secondary N) is 1. The van der Waals surface area contributed by atoms with Crippen LogP contribution in [0, 0.1) is 0 Å². The van der Waals surface area contributed by atoms with Crippen LogP contribution in [0.3, 0.4) is 0 Å². The fourth-order valence-corrected chi connectivity index (χ4v) is 2.29. The molecule has 0 radical (unpaired) electrons. The first kappa shape index (κ1) is 10.7. The summed E-state index contributed by atoms with van der Waals surface area (Å²) in [6.07, 6.45) is 6.06. The molecule has 0 spiro atoms. The Labute approximate surface area is 81.1 Å². The van der Waals surface area contributed by atoms with Crippen molar-refractivity contribution in [1.82, 2.24) is 5.32 Å². The Bertz CT molecular complexity index is 171. The van der Waals surface area contributed by atoms with E-state index in [0.717, 1.165) is 45.1 Å². The molecule has 0 bridgehead atoms. The van der Waals surface area contributed by atoms with Crippen molar-refractivity contribution in [2.75, 3.05) is 6.54 Å². The molecule has 1 aliphatic rings. The van der Waals surface area contributed by atoms with Crippen molar-refractivity contribution in [3.63, 3.8) is 0 Å². The van der Waals surface area contributed by atoms with Crippen LogP contribution in [0.2, 0.25) is 0 Å². The molecule has 1 atom stereocenters. The fraction of sp³-hybridized carbons (Fsp3) is 0.909. The van der Waals surface area contributed by atoms with Crippen LogP contribution in [0.5, 0.6) is 0 Å². The van der Waals surface area contributed by atoms with Gasteiger partial charge in [-0.1, -0.05) is 20.3 Å². The maximum atomic E-state index is 11.9. The SMILES string of the molecule is CCCC(=O)C1(CCC)CCCN1. The number of rotatable bonds is 5. The molecular weight excluding hydrogens is 162 g/mol. The summed E-state index contributed by atoms with van der Waals surface area (Å²) in [7, 11) is 0. The molecule has 1 fully saturated rings. The maximum Gasteiger partial charge on any atom is 0.152 e. The molecule has 1 aliphatic heterocycles. The van der Waals surface area contributed by atoms with Gasteiger partial charge in [-0.3, -0.25) is 4.79 Å². The van der Waals surface area contributed by atoms with Crippen molar-refractivity contribution in [3.05, 3.63) is 0 Å². The normalized spacial score (nSPS) is 27.8. The van der Waals surface area contributed by atoms with E-state index in [4.69, 9.17) is 0 Å². The second kappa shape index (κ2) is 4.75. The summed E-state index contributed by atoms with van der Waals surface area (Å²) in [5.74, 6) is 0.439. The lowest BCUT2D eigenvalue weighted by Gasteiger charge is -2.27. The van der Waals surface area contributed by atoms with Crippen LogP contribution in [-0.2, 0) is 4.79 Å². The van der Waals surface area contributed by atoms with Crippen LogP contribution in [-0.4, -0.2) is 17.9 Å². The molecule has 0 aromatic carbocycles. The van der Waals surface area contributed by atoms with Crippen molar-refractivity contribution in [2.24, 2.45) is 0 Å². The largest absolute Gasteiger partial charge is 0.305 e. The third-order valence-corrected chi connectivity index (χ3v) is 2.93. The summed E-state index contributed by atoms with van der Waals surface area (Å²) < 4.78 is 0. The van der Waals surface area contributed by atoms with Crippen molar-refractivity contribution in [2.45, 2.75) is 57.9 Å². The van der Waals surface area contributed by atoms with Gasteiger partial charge < -0.3 is 5.32 Å². The molecule has 0 saturated carbocycles. The van der Waals surface area contributed by atoms with Crippen molar-refractivity contribution in [3.8, 4) is 0 Å². The highest BCUT2D eigenvalue weighted by molar-refractivity contribution is 5.88. The minimum atomic E-state index is -0.134. The molecule has 1 rings (SSSR count). The van der Waals surface area contributed by atoms with Gasteiger partial charge in [0.05, 0.1) is 5.54 Å². The zero-order chi connectivity index (χ0) is 9.73. The van der Waals surface area contributed by atoms with Crippen molar-refractivity contribution >= 4 is 5.78 Å². The van der Waals surface area contributed by atoms with Gasteiger partial charge in [0.15, 0.2) is 5.78 Å². The summed E-state index contributed by atoms with van der Waals surface area (Å²) in [4.78, 5) is 11.9. The van der Waals surface area contributed by atoms with Gasteiger partial charge in [0.1, 0.15) is 0 Å². The summed E-state index contributed by atoms with van der Waals surface area (Å²) in [6, 6.07) is 0. The van der Waals surface area contributed by atoms with Gasteiger partial charge in [0.25, 0.3) is 0 Å². The van der Waals surface area contributed by atoms with E-state index in [-0.39, 0.29) is 5.54 Å². The number of carbonyl (C=O) groups is 1. The molecule has 13 heavy (non-hydrogen) atoms. The van der Waals surface area contributed by atoms with Crippen LogP contribution < -0.4 is 5.32 Å². The molecule has 2 heteroatoms. The molecular formula is C11H21NO. The highest BCUT2D eigenvalue weighted by atomic mass is 16.1. The van der Waals surface area contributed by atoms with E-state index in [1.54, 1.807) is 0 Å². The molecule has 1 heterocycles. The second-order valence-corrected chi connectivity index (χ2v) is 4.04. The third-order valence-electron chi connectivity index (χ3n) is 2.93. The lowest BCUT2D eigenvalue weighted by Crippen LogP contribution is -2.47. The summed E-state index contributed by atoms with van der Waals surface area (Å²) in [6.45, 7) is 5.25. The Morgan fingerprint density at radius 1 is 1.38 bits per heavy atom. The lowest BCUT2D eigenvalue weighted by atomic mass is 9.85. The molecule has 1 unspecified atom stereocenters. The molecule has 0 amide bonds. The number of Topliss-reactive ketones (excluding diaryl/α,β-unsaturated/α-hetero) is 1. The number of hydrogen-bond acceptors (Lipinski definition) is 2. The highest BCUT2D eigenvalue weighted by Gasteiger charge is 2.38. The molecule has 76 valence electrons. The van der Waals surface area contributed by atoms with E-state index >= 15 is 0 Å². The molecule has 0 aromatic rings. The molecule has 1 saturated heterocycles. The minimum Gasteiger partial charge on any atom is -0.305 e. The van der Waals surface area contributed by atoms with Gasteiger partial charge in [-0.05, 0) is 32.2 Å². The smallest absolute Gasteiger partial charge is 0.152 e. The monoisotopic (exact) mass is 183 g/mol. The van der Waals surface area contributed by atoms with Gasteiger partial charge in [-0.15, -0.1) is 0 Å². The van der Waals surface area contributed by atoms with Crippen LogP contribution >= 0.6 is 0 Å². The van der Waals surface area contributed by atoms with E-state index in [9.17, 15) is 4.79 Å². The average Bonchev–Trinajstić information content (AvgIpc) is 2.55. The standard InChI is InChI=1S/C11H21NO/c1-3-6-10(13)11(7-4-2)8-5-9-12-11/h12H,3-9H2,1-2H3. The second-order valence-electron chi connectivity index (χ2n) is 4.04. The Kier molecular flexibility index (Phi) is 3.91.